The second-order valence-corrected chi connectivity index (χ2v) is 11.0. The molecule has 0 saturated heterocycles. The lowest BCUT2D eigenvalue weighted by molar-refractivity contribution is -0.308. The van der Waals surface area contributed by atoms with Gasteiger partial charge in [-0.2, -0.15) is 11.8 Å². The van der Waals surface area contributed by atoms with Gasteiger partial charge in [0, 0.05) is 18.3 Å². The van der Waals surface area contributed by atoms with Gasteiger partial charge < -0.3 is 25.6 Å². The Morgan fingerprint density at radius 2 is 1.39 bits per heavy atom. The Morgan fingerprint density at radius 1 is 0.935 bits per heavy atom. The number of thioether (sulfide) groups is 1. The molecule has 3 N–H and O–H groups in total. The number of carbonyl (C=O) groups is 4. The van der Waals surface area contributed by atoms with Gasteiger partial charge in [0.1, 0.15) is 11.8 Å². The summed E-state index contributed by atoms with van der Waals surface area (Å²) in [5.74, 6) is -1.28. The van der Waals surface area contributed by atoms with Gasteiger partial charge in [0.25, 0.3) is 0 Å². The van der Waals surface area contributed by atoms with E-state index in [2.05, 4.69) is 10.6 Å². The molecule has 2 amide bonds. The summed E-state index contributed by atoms with van der Waals surface area (Å²) in [5.41, 5.74) is 0. The first-order valence-corrected chi connectivity index (χ1v) is 14.1. The van der Waals surface area contributed by atoms with Crippen LogP contribution in [0.2, 0.25) is 0 Å². The van der Waals surface area contributed by atoms with Gasteiger partial charge in [0.2, 0.25) is 11.8 Å². The predicted octanol–water partition coefficient (Wildman–Crippen LogP) is 0.890. The molecule has 0 aliphatic carbocycles. The Kier molecular flexibility index (Phi) is 18.6. The summed E-state index contributed by atoms with van der Waals surface area (Å²) in [6, 6.07) is -1.60. The SMILES string of the molecule is CCC(C)C(=O)N[C@H](CCSC)C(=O)O.CCC(C)C(=O)N[C@H](CC[S+](C)C)C(=O)[O-]. The van der Waals surface area contributed by atoms with Crippen LogP contribution in [-0.4, -0.2) is 71.2 Å². The highest BCUT2D eigenvalue weighted by Gasteiger charge is 2.21. The molecule has 31 heavy (non-hydrogen) atoms. The second-order valence-electron chi connectivity index (χ2n) is 7.66. The minimum atomic E-state index is -1.19. The average molecular weight is 481 g/mol. The zero-order chi connectivity index (χ0) is 24.6. The molecule has 4 atom stereocenters. The number of rotatable bonds is 14. The van der Waals surface area contributed by atoms with E-state index in [-0.39, 0.29) is 34.5 Å². The molecule has 0 fully saturated rings. The molecule has 0 aromatic rings. The maximum Gasteiger partial charge on any atom is 0.326 e. The number of nitrogens with one attached hydrogen (secondary N) is 2. The molecule has 0 heterocycles. The molecule has 0 aromatic heterocycles. The highest BCUT2D eigenvalue weighted by atomic mass is 32.2. The quantitative estimate of drug-likeness (QED) is 0.314. The fourth-order valence-electron chi connectivity index (χ4n) is 2.09. The molecule has 0 saturated carbocycles. The first kappa shape index (κ1) is 31.8. The van der Waals surface area contributed by atoms with Crippen molar-refractivity contribution in [2.45, 2.75) is 65.5 Å². The Bertz CT molecular complexity index is 560. The zero-order valence-corrected chi connectivity index (χ0v) is 21.5. The number of amides is 2. The van der Waals surface area contributed by atoms with Gasteiger partial charge in [-0.3, -0.25) is 9.59 Å². The average Bonchev–Trinajstić information content (AvgIpc) is 2.72. The van der Waals surface area contributed by atoms with Crippen molar-refractivity contribution in [1.82, 2.24) is 10.6 Å². The Labute approximate surface area is 194 Å². The van der Waals surface area contributed by atoms with Crippen molar-refractivity contribution in [2.75, 3.05) is 30.3 Å². The summed E-state index contributed by atoms with van der Waals surface area (Å²) in [6.45, 7) is 7.38. The van der Waals surface area contributed by atoms with Gasteiger partial charge in [0.15, 0.2) is 0 Å². The van der Waals surface area contributed by atoms with Crippen LogP contribution < -0.4 is 15.7 Å². The van der Waals surface area contributed by atoms with Crippen LogP contribution in [0, 0.1) is 11.8 Å². The number of carboxylic acids is 2. The first-order valence-electron chi connectivity index (χ1n) is 10.5. The summed E-state index contributed by atoms with van der Waals surface area (Å²) in [4.78, 5) is 44.7. The molecule has 0 spiro atoms. The van der Waals surface area contributed by atoms with Crippen LogP contribution >= 0.6 is 11.8 Å². The van der Waals surface area contributed by atoms with Crippen LogP contribution in [0.15, 0.2) is 0 Å². The van der Waals surface area contributed by atoms with Gasteiger partial charge in [-0.05, 0) is 42.2 Å². The standard InChI is InChI=1S/C11H21NO3S.C10H19NO3S/c1-5-8(2)10(13)12-9(11(14)15)6-7-16(3)4;1-4-7(2)9(12)11-8(10(13)14)5-6-15-3/h8-9H,5-7H2,1-4H3,(H-,12,13,14,15);7-8H,4-6H2,1-3H3,(H,11,12)(H,13,14)/t8?,9-;7?,8-/m11/s1. The van der Waals surface area contributed by atoms with Crippen LogP contribution in [0.25, 0.3) is 0 Å². The summed E-state index contributed by atoms with van der Waals surface area (Å²) in [5, 5.41) is 24.8. The largest absolute Gasteiger partial charge is 0.548 e. The monoisotopic (exact) mass is 480 g/mol. The fraction of sp³-hybridized carbons (Fsp3) is 0.810. The third-order valence-electron chi connectivity index (χ3n) is 4.76. The van der Waals surface area contributed by atoms with Crippen LogP contribution in [-0.2, 0) is 30.1 Å². The lowest BCUT2D eigenvalue weighted by Crippen LogP contribution is -2.49. The topological polar surface area (TPSA) is 136 Å². The highest BCUT2D eigenvalue weighted by molar-refractivity contribution is 7.98. The molecule has 0 aliphatic heterocycles. The van der Waals surface area contributed by atoms with E-state index in [4.69, 9.17) is 5.11 Å². The van der Waals surface area contributed by atoms with E-state index in [0.29, 0.717) is 19.3 Å². The van der Waals surface area contributed by atoms with Crippen molar-refractivity contribution >= 4 is 46.4 Å². The number of hydrogen-bond acceptors (Lipinski definition) is 6. The third-order valence-corrected chi connectivity index (χ3v) is 6.46. The Morgan fingerprint density at radius 3 is 1.71 bits per heavy atom. The van der Waals surface area contributed by atoms with Crippen LogP contribution in [0.4, 0.5) is 0 Å². The minimum Gasteiger partial charge on any atom is -0.548 e. The zero-order valence-electron chi connectivity index (χ0n) is 19.9. The second kappa shape index (κ2) is 18.2. The Hall–Kier alpha value is -1.42. The van der Waals surface area contributed by atoms with Crippen molar-refractivity contribution in [2.24, 2.45) is 11.8 Å². The van der Waals surface area contributed by atoms with Gasteiger partial charge in [-0.25, -0.2) is 4.79 Å². The highest BCUT2D eigenvalue weighted by Crippen LogP contribution is 2.05. The van der Waals surface area contributed by atoms with Gasteiger partial charge in [-0.15, -0.1) is 0 Å². The summed E-state index contributed by atoms with van der Waals surface area (Å²) in [6.07, 6.45) is 8.35. The summed E-state index contributed by atoms with van der Waals surface area (Å²) >= 11 is 1.57. The van der Waals surface area contributed by atoms with Gasteiger partial charge in [-0.1, -0.05) is 27.7 Å². The van der Waals surface area contributed by atoms with E-state index in [1.54, 1.807) is 25.6 Å². The molecule has 182 valence electrons. The van der Waals surface area contributed by atoms with Gasteiger partial charge in [0.05, 0.1) is 24.5 Å². The molecule has 8 nitrogen and oxygen atoms in total. The van der Waals surface area contributed by atoms with Crippen molar-refractivity contribution in [1.29, 1.82) is 0 Å². The third kappa shape index (κ3) is 15.9. The first-order chi connectivity index (χ1) is 14.4. The van der Waals surface area contributed by atoms with Gasteiger partial charge >= 0.3 is 5.97 Å². The molecule has 0 aliphatic rings. The van der Waals surface area contributed by atoms with Crippen molar-refractivity contribution in [3.8, 4) is 0 Å². The van der Waals surface area contributed by atoms with Crippen molar-refractivity contribution < 1.29 is 29.4 Å². The molecule has 2 unspecified atom stereocenters. The number of carboxylic acid groups (broad SMARTS) is 2. The molecule has 0 rings (SSSR count). The minimum absolute atomic E-state index is 0.124. The van der Waals surface area contributed by atoms with E-state index >= 15 is 0 Å². The maximum absolute atomic E-state index is 11.5. The normalized spacial score (nSPS) is 14.5. The molecule has 10 heteroatoms. The molecule has 0 aromatic carbocycles. The van der Waals surface area contributed by atoms with E-state index in [0.717, 1.165) is 17.9 Å². The van der Waals surface area contributed by atoms with Crippen LogP contribution in [0.1, 0.15) is 53.4 Å². The predicted molar refractivity (Wildman–Crippen MR) is 127 cm³/mol. The van der Waals surface area contributed by atoms with E-state index in [1.807, 2.05) is 32.6 Å². The van der Waals surface area contributed by atoms with Crippen LogP contribution in [0.5, 0.6) is 0 Å². The smallest absolute Gasteiger partial charge is 0.326 e. The van der Waals surface area contributed by atoms with E-state index in [9.17, 15) is 24.3 Å². The fourth-order valence-corrected chi connectivity index (χ4v) is 3.27. The lowest BCUT2D eigenvalue weighted by Gasteiger charge is -2.20. The molecule has 0 bridgehead atoms. The van der Waals surface area contributed by atoms with E-state index in [1.165, 1.54) is 0 Å². The summed E-state index contributed by atoms with van der Waals surface area (Å²) < 4.78 is 0. The molecular formula is C21H40N2O6S2. The number of aliphatic carboxylic acids is 2. The number of hydrogen-bond donors (Lipinski definition) is 3. The Balaban J connectivity index is 0. The molecular weight excluding hydrogens is 440 g/mol. The van der Waals surface area contributed by atoms with Crippen molar-refractivity contribution in [3.05, 3.63) is 0 Å². The summed E-state index contributed by atoms with van der Waals surface area (Å²) in [7, 11) is 0.178. The molecule has 0 radical (unpaired) electrons. The lowest BCUT2D eigenvalue weighted by atomic mass is 10.1. The maximum atomic E-state index is 11.5. The van der Waals surface area contributed by atoms with Crippen LogP contribution in [0.3, 0.4) is 0 Å². The number of carbonyl (C=O) groups excluding carboxylic acids is 3. The van der Waals surface area contributed by atoms with Crippen molar-refractivity contribution in [3.63, 3.8) is 0 Å². The van der Waals surface area contributed by atoms with E-state index < -0.39 is 24.0 Å².